The number of thioether (sulfide) groups is 1. The number of carbonyl (C=O) groups excluding carboxylic acids is 1. The zero-order valence-corrected chi connectivity index (χ0v) is 16.5. The third kappa shape index (κ3) is 5.03. The zero-order chi connectivity index (χ0) is 19.2. The molecule has 3 aromatic rings. The monoisotopic (exact) mass is 389 g/mol. The molecule has 1 saturated heterocycles. The van der Waals surface area contributed by atoms with Crippen LogP contribution in [0.25, 0.3) is 0 Å². The van der Waals surface area contributed by atoms with E-state index in [0.717, 1.165) is 31.0 Å². The summed E-state index contributed by atoms with van der Waals surface area (Å²) in [5.74, 6) is 2.54. The summed E-state index contributed by atoms with van der Waals surface area (Å²) in [7, 11) is 0. The molecule has 0 aromatic heterocycles. The Bertz CT molecular complexity index is 936. The van der Waals surface area contributed by atoms with Gasteiger partial charge in [-0.1, -0.05) is 54.6 Å². The van der Waals surface area contributed by atoms with E-state index in [0.29, 0.717) is 11.3 Å². The Balaban J connectivity index is 1.42. The molecular formula is C24H23NO2S. The van der Waals surface area contributed by atoms with Crippen molar-refractivity contribution in [3.05, 3.63) is 101 Å². The molecule has 0 spiro atoms. The molecule has 1 heterocycles. The number of hydrogen-bond donors (Lipinski definition) is 0. The van der Waals surface area contributed by atoms with Gasteiger partial charge in [0.2, 0.25) is 0 Å². The summed E-state index contributed by atoms with van der Waals surface area (Å²) in [6, 6.07) is 25.8. The average molecular weight is 390 g/mol. The molecule has 0 atom stereocenters. The number of hydrogen-bond acceptors (Lipinski definition) is 4. The average Bonchev–Trinajstić information content (AvgIpc) is 3.22. The van der Waals surface area contributed by atoms with Gasteiger partial charge in [-0.15, -0.1) is 11.8 Å². The van der Waals surface area contributed by atoms with Gasteiger partial charge < -0.3 is 4.74 Å². The molecule has 0 bridgehead atoms. The first-order valence-electron chi connectivity index (χ1n) is 9.50. The van der Waals surface area contributed by atoms with Gasteiger partial charge in [-0.3, -0.25) is 4.90 Å². The normalized spacial score (nSPS) is 14.1. The minimum Gasteiger partial charge on any atom is -0.423 e. The van der Waals surface area contributed by atoms with Crippen LogP contribution in [0.15, 0.2) is 78.9 Å². The van der Waals surface area contributed by atoms with Crippen LogP contribution in [0.4, 0.5) is 0 Å². The Morgan fingerprint density at radius 2 is 1.68 bits per heavy atom. The Morgan fingerprint density at radius 3 is 2.50 bits per heavy atom. The lowest BCUT2D eigenvalue weighted by Gasteiger charge is -2.14. The van der Waals surface area contributed by atoms with E-state index >= 15 is 0 Å². The summed E-state index contributed by atoms with van der Waals surface area (Å²) < 4.78 is 5.65. The number of benzene rings is 3. The van der Waals surface area contributed by atoms with E-state index in [1.807, 2.05) is 72.4 Å². The summed E-state index contributed by atoms with van der Waals surface area (Å²) >= 11 is 1.96. The van der Waals surface area contributed by atoms with E-state index in [9.17, 15) is 4.79 Å². The molecule has 0 unspecified atom stereocenters. The largest absolute Gasteiger partial charge is 0.423 e. The van der Waals surface area contributed by atoms with Gasteiger partial charge in [0.1, 0.15) is 5.75 Å². The van der Waals surface area contributed by atoms with Crippen molar-refractivity contribution in [2.24, 2.45) is 0 Å². The lowest BCUT2D eigenvalue weighted by Crippen LogP contribution is -2.18. The van der Waals surface area contributed by atoms with Crippen LogP contribution in [0.5, 0.6) is 5.75 Å². The predicted octanol–water partition coefficient (Wildman–Crippen LogP) is 5.00. The van der Waals surface area contributed by atoms with Crippen molar-refractivity contribution in [1.82, 2.24) is 4.90 Å². The molecule has 1 aliphatic heterocycles. The maximum absolute atomic E-state index is 12.6. The first kappa shape index (κ1) is 18.8. The molecule has 1 aliphatic rings. The topological polar surface area (TPSA) is 29.5 Å². The van der Waals surface area contributed by atoms with Crippen LogP contribution < -0.4 is 4.74 Å². The van der Waals surface area contributed by atoms with Gasteiger partial charge in [0, 0.05) is 24.7 Å². The molecular weight excluding hydrogens is 366 g/mol. The van der Waals surface area contributed by atoms with Crippen LogP contribution in [0.3, 0.4) is 0 Å². The molecule has 0 saturated carbocycles. The van der Waals surface area contributed by atoms with Crippen LogP contribution in [0, 0.1) is 0 Å². The molecule has 3 aromatic carbocycles. The Labute approximate surface area is 170 Å². The molecule has 0 radical (unpaired) electrons. The highest BCUT2D eigenvalue weighted by Crippen LogP contribution is 2.21. The molecule has 0 amide bonds. The number of ether oxygens (including phenoxy) is 1. The van der Waals surface area contributed by atoms with Crippen molar-refractivity contribution >= 4 is 17.7 Å². The fraction of sp³-hybridized carbons (Fsp3) is 0.208. The summed E-state index contributed by atoms with van der Waals surface area (Å²) in [6.07, 6.45) is 0.797. The number of nitrogens with zero attached hydrogens (tertiary/aromatic N) is 1. The van der Waals surface area contributed by atoms with Gasteiger partial charge in [0.15, 0.2) is 0 Å². The summed E-state index contributed by atoms with van der Waals surface area (Å²) in [5.41, 5.74) is 4.07. The van der Waals surface area contributed by atoms with E-state index in [2.05, 4.69) is 23.1 Å². The Hall–Kier alpha value is -2.56. The number of carbonyl (C=O) groups is 1. The summed E-state index contributed by atoms with van der Waals surface area (Å²) in [4.78, 5) is 15.0. The van der Waals surface area contributed by atoms with Crippen molar-refractivity contribution < 1.29 is 9.53 Å². The Morgan fingerprint density at radius 1 is 0.893 bits per heavy atom. The zero-order valence-electron chi connectivity index (χ0n) is 15.7. The second-order valence-corrected chi connectivity index (χ2v) is 8.06. The number of esters is 1. The maximum atomic E-state index is 12.6. The van der Waals surface area contributed by atoms with Gasteiger partial charge >= 0.3 is 5.97 Å². The van der Waals surface area contributed by atoms with Crippen LogP contribution >= 0.6 is 11.8 Å². The number of rotatable bonds is 6. The van der Waals surface area contributed by atoms with E-state index in [1.165, 1.54) is 16.9 Å². The molecule has 142 valence electrons. The minimum absolute atomic E-state index is 0.316. The van der Waals surface area contributed by atoms with Gasteiger partial charge in [-0.2, -0.15) is 0 Å². The second kappa shape index (κ2) is 9.09. The van der Waals surface area contributed by atoms with Crippen molar-refractivity contribution in [3.63, 3.8) is 0 Å². The van der Waals surface area contributed by atoms with Crippen LogP contribution in [0.2, 0.25) is 0 Å². The van der Waals surface area contributed by atoms with E-state index in [-0.39, 0.29) is 5.97 Å². The van der Waals surface area contributed by atoms with Gasteiger partial charge in [0.05, 0.1) is 5.56 Å². The van der Waals surface area contributed by atoms with E-state index in [1.54, 1.807) is 0 Å². The van der Waals surface area contributed by atoms with Crippen molar-refractivity contribution in [2.45, 2.75) is 13.0 Å². The fourth-order valence-corrected chi connectivity index (χ4v) is 4.34. The van der Waals surface area contributed by atoms with Gasteiger partial charge in [-0.05, 0) is 47.4 Å². The summed E-state index contributed by atoms with van der Waals surface area (Å²) in [5, 5.41) is 0. The van der Waals surface area contributed by atoms with E-state index < -0.39 is 0 Å². The van der Waals surface area contributed by atoms with Crippen molar-refractivity contribution in [1.29, 1.82) is 0 Å². The lowest BCUT2D eigenvalue weighted by atomic mass is 10.0. The van der Waals surface area contributed by atoms with Crippen molar-refractivity contribution in [2.75, 3.05) is 18.2 Å². The molecule has 1 fully saturated rings. The molecule has 28 heavy (non-hydrogen) atoms. The predicted molar refractivity (Wildman–Crippen MR) is 115 cm³/mol. The molecule has 0 aliphatic carbocycles. The minimum atomic E-state index is -0.316. The fourth-order valence-electron chi connectivity index (χ4n) is 3.35. The van der Waals surface area contributed by atoms with Crippen LogP contribution in [-0.2, 0) is 13.0 Å². The van der Waals surface area contributed by atoms with Crippen LogP contribution in [0.1, 0.15) is 27.0 Å². The van der Waals surface area contributed by atoms with Crippen LogP contribution in [-0.4, -0.2) is 29.0 Å². The van der Waals surface area contributed by atoms with Crippen molar-refractivity contribution in [3.8, 4) is 5.75 Å². The highest BCUT2D eigenvalue weighted by atomic mass is 32.2. The van der Waals surface area contributed by atoms with Gasteiger partial charge in [-0.25, -0.2) is 4.79 Å². The highest BCUT2D eigenvalue weighted by Gasteiger charge is 2.14. The lowest BCUT2D eigenvalue weighted by molar-refractivity contribution is 0.0734. The molecule has 4 heteroatoms. The Kier molecular flexibility index (Phi) is 6.10. The quantitative estimate of drug-likeness (QED) is 0.438. The third-order valence-electron chi connectivity index (χ3n) is 4.75. The highest BCUT2D eigenvalue weighted by molar-refractivity contribution is 7.99. The molecule has 4 rings (SSSR count). The maximum Gasteiger partial charge on any atom is 0.343 e. The first-order chi connectivity index (χ1) is 13.8. The molecule has 3 nitrogen and oxygen atoms in total. The van der Waals surface area contributed by atoms with E-state index in [4.69, 9.17) is 4.74 Å². The second-order valence-electron chi connectivity index (χ2n) is 6.99. The standard InChI is InChI=1S/C24H23NO2S/c26-24(22-10-4-8-20(15-22)14-19-6-2-1-3-7-19)27-23-11-5-9-21(16-23)17-25-12-13-28-18-25/h1-11,15-16H,12-14,17-18H2. The smallest absolute Gasteiger partial charge is 0.343 e. The summed E-state index contributed by atoms with van der Waals surface area (Å²) in [6.45, 7) is 2.01. The van der Waals surface area contributed by atoms with Gasteiger partial charge in [0.25, 0.3) is 0 Å². The first-order valence-corrected chi connectivity index (χ1v) is 10.7. The molecule has 0 N–H and O–H groups in total. The SMILES string of the molecule is O=C(Oc1cccc(CN2CCSC2)c1)c1cccc(Cc2ccccc2)c1. The third-order valence-corrected chi connectivity index (χ3v) is 5.77.